The molecule has 0 amide bonds. The molecule has 0 aliphatic heterocycles. The molecular weight excluding hydrogens is 200 g/mol. The number of ether oxygens (including phenoxy) is 1. The van der Waals surface area contributed by atoms with Gasteiger partial charge >= 0.3 is 0 Å². The summed E-state index contributed by atoms with van der Waals surface area (Å²) in [7, 11) is 4.19. The third kappa shape index (κ3) is 5.83. The number of hydrogen-bond donors (Lipinski definition) is 1. The van der Waals surface area contributed by atoms with E-state index in [9.17, 15) is 0 Å². The average Bonchev–Trinajstić information content (AvgIpc) is 2.43. The normalized spacial score (nSPS) is 21.0. The average molecular weight is 228 g/mol. The summed E-state index contributed by atoms with van der Waals surface area (Å²) >= 11 is 0. The first-order valence-electron chi connectivity index (χ1n) is 6.64. The van der Waals surface area contributed by atoms with Gasteiger partial charge in [-0.1, -0.05) is 25.7 Å². The SMILES string of the molecule is CN(C)CCCOCC1(N)CCCCCC1. The lowest BCUT2D eigenvalue weighted by atomic mass is 9.93. The number of hydrogen-bond acceptors (Lipinski definition) is 3. The summed E-state index contributed by atoms with van der Waals surface area (Å²) in [5, 5.41) is 0. The van der Waals surface area contributed by atoms with Crippen molar-refractivity contribution < 1.29 is 4.74 Å². The highest BCUT2D eigenvalue weighted by Gasteiger charge is 2.26. The predicted octanol–water partition coefficient (Wildman–Crippen LogP) is 2.01. The van der Waals surface area contributed by atoms with Crippen LogP contribution in [0.1, 0.15) is 44.9 Å². The quantitative estimate of drug-likeness (QED) is 0.558. The van der Waals surface area contributed by atoms with Crippen LogP contribution in [0.15, 0.2) is 0 Å². The van der Waals surface area contributed by atoms with E-state index in [0.29, 0.717) is 0 Å². The third-order valence-corrected chi connectivity index (χ3v) is 3.38. The van der Waals surface area contributed by atoms with E-state index in [-0.39, 0.29) is 5.54 Å². The Morgan fingerprint density at radius 2 is 1.75 bits per heavy atom. The van der Waals surface area contributed by atoms with Crippen molar-refractivity contribution in [1.29, 1.82) is 0 Å². The maximum atomic E-state index is 6.37. The molecule has 2 N–H and O–H groups in total. The summed E-state index contributed by atoms with van der Waals surface area (Å²) in [4.78, 5) is 2.19. The second-order valence-electron chi connectivity index (χ2n) is 5.49. The van der Waals surface area contributed by atoms with E-state index >= 15 is 0 Å². The molecule has 0 bridgehead atoms. The molecule has 3 heteroatoms. The molecule has 16 heavy (non-hydrogen) atoms. The lowest BCUT2D eigenvalue weighted by molar-refractivity contribution is 0.0732. The number of nitrogens with zero attached hydrogens (tertiary/aromatic N) is 1. The zero-order valence-corrected chi connectivity index (χ0v) is 11.0. The summed E-state index contributed by atoms with van der Waals surface area (Å²) in [6.07, 6.45) is 8.62. The van der Waals surface area contributed by atoms with Crippen molar-refractivity contribution in [3.8, 4) is 0 Å². The monoisotopic (exact) mass is 228 g/mol. The molecule has 1 aliphatic rings. The fourth-order valence-corrected chi connectivity index (χ4v) is 2.34. The van der Waals surface area contributed by atoms with E-state index in [1.165, 1.54) is 25.7 Å². The predicted molar refractivity (Wildman–Crippen MR) is 68.6 cm³/mol. The Hall–Kier alpha value is -0.120. The minimum atomic E-state index is -0.0331. The third-order valence-electron chi connectivity index (χ3n) is 3.38. The maximum Gasteiger partial charge on any atom is 0.0646 e. The number of nitrogens with two attached hydrogens (primary N) is 1. The van der Waals surface area contributed by atoms with Gasteiger partial charge in [0.05, 0.1) is 6.61 Å². The second-order valence-corrected chi connectivity index (χ2v) is 5.49. The first-order chi connectivity index (χ1) is 7.62. The Kier molecular flexibility index (Phi) is 6.32. The molecule has 0 aromatic heterocycles. The van der Waals surface area contributed by atoms with Gasteiger partial charge in [-0.3, -0.25) is 0 Å². The molecular formula is C13H28N2O. The van der Waals surface area contributed by atoms with Crippen molar-refractivity contribution in [2.75, 3.05) is 33.9 Å². The topological polar surface area (TPSA) is 38.5 Å². The van der Waals surface area contributed by atoms with Gasteiger partial charge in [0, 0.05) is 12.1 Å². The van der Waals surface area contributed by atoms with Crippen LogP contribution in [0, 0.1) is 0 Å². The summed E-state index contributed by atoms with van der Waals surface area (Å²) in [6.45, 7) is 2.69. The van der Waals surface area contributed by atoms with Crippen molar-refractivity contribution in [3.63, 3.8) is 0 Å². The van der Waals surface area contributed by atoms with Gasteiger partial charge in [0.15, 0.2) is 0 Å². The largest absolute Gasteiger partial charge is 0.379 e. The summed E-state index contributed by atoms with van der Waals surface area (Å²) in [5.74, 6) is 0. The molecule has 1 fully saturated rings. The Morgan fingerprint density at radius 1 is 1.12 bits per heavy atom. The molecule has 0 spiro atoms. The molecule has 0 unspecified atom stereocenters. The van der Waals surface area contributed by atoms with E-state index in [1.807, 2.05) is 0 Å². The molecule has 0 saturated heterocycles. The van der Waals surface area contributed by atoms with Crippen molar-refractivity contribution in [1.82, 2.24) is 4.90 Å². The second kappa shape index (κ2) is 7.25. The van der Waals surface area contributed by atoms with Crippen LogP contribution in [0.3, 0.4) is 0 Å². The highest BCUT2D eigenvalue weighted by atomic mass is 16.5. The molecule has 0 atom stereocenters. The lowest BCUT2D eigenvalue weighted by Gasteiger charge is -2.27. The molecule has 0 radical (unpaired) electrons. The lowest BCUT2D eigenvalue weighted by Crippen LogP contribution is -2.44. The zero-order chi connectivity index (χ0) is 11.9. The van der Waals surface area contributed by atoms with Crippen LogP contribution >= 0.6 is 0 Å². The van der Waals surface area contributed by atoms with Gasteiger partial charge in [0.2, 0.25) is 0 Å². The first-order valence-corrected chi connectivity index (χ1v) is 6.64. The first kappa shape index (κ1) is 13.9. The van der Waals surface area contributed by atoms with Crippen LogP contribution in [-0.2, 0) is 4.74 Å². The van der Waals surface area contributed by atoms with Crippen LogP contribution in [0.5, 0.6) is 0 Å². The van der Waals surface area contributed by atoms with Crippen LogP contribution < -0.4 is 5.73 Å². The minimum Gasteiger partial charge on any atom is -0.379 e. The van der Waals surface area contributed by atoms with Crippen LogP contribution in [0.4, 0.5) is 0 Å². The fourth-order valence-electron chi connectivity index (χ4n) is 2.34. The van der Waals surface area contributed by atoms with E-state index in [4.69, 9.17) is 10.5 Å². The Balaban J connectivity index is 2.10. The van der Waals surface area contributed by atoms with Gasteiger partial charge < -0.3 is 15.4 Å². The molecule has 0 aromatic rings. The van der Waals surface area contributed by atoms with Crippen molar-refractivity contribution >= 4 is 0 Å². The number of rotatable bonds is 6. The molecule has 0 aromatic carbocycles. The Labute approximate surface area is 100 Å². The van der Waals surface area contributed by atoms with Gasteiger partial charge in [0.1, 0.15) is 0 Å². The van der Waals surface area contributed by atoms with Gasteiger partial charge in [0.25, 0.3) is 0 Å². The van der Waals surface area contributed by atoms with E-state index in [2.05, 4.69) is 19.0 Å². The van der Waals surface area contributed by atoms with E-state index in [1.54, 1.807) is 0 Å². The maximum absolute atomic E-state index is 6.37. The van der Waals surface area contributed by atoms with Gasteiger partial charge in [-0.2, -0.15) is 0 Å². The van der Waals surface area contributed by atoms with Crippen LogP contribution in [-0.4, -0.2) is 44.3 Å². The molecule has 96 valence electrons. The Morgan fingerprint density at radius 3 is 2.31 bits per heavy atom. The summed E-state index contributed by atoms with van der Waals surface area (Å²) < 4.78 is 5.73. The summed E-state index contributed by atoms with van der Waals surface area (Å²) in [6, 6.07) is 0. The fraction of sp³-hybridized carbons (Fsp3) is 1.00. The van der Waals surface area contributed by atoms with Gasteiger partial charge in [-0.05, 0) is 39.9 Å². The summed E-state index contributed by atoms with van der Waals surface area (Å²) in [5.41, 5.74) is 6.33. The van der Waals surface area contributed by atoms with Crippen molar-refractivity contribution in [3.05, 3.63) is 0 Å². The molecule has 1 rings (SSSR count). The molecule has 0 heterocycles. The van der Waals surface area contributed by atoms with Gasteiger partial charge in [-0.15, -0.1) is 0 Å². The Bertz CT molecular complexity index is 175. The van der Waals surface area contributed by atoms with Crippen LogP contribution in [0.25, 0.3) is 0 Å². The van der Waals surface area contributed by atoms with Crippen molar-refractivity contribution in [2.24, 2.45) is 5.73 Å². The van der Waals surface area contributed by atoms with Gasteiger partial charge in [-0.25, -0.2) is 0 Å². The molecule has 1 saturated carbocycles. The zero-order valence-electron chi connectivity index (χ0n) is 11.0. The minimum absolute atomic E-state index is 0.0331. The van der Waals surface area contributed by atoms with E-state index in [0.717, 1.165) is 39.0 Å². The highest BCUT2D eigenvalue weighted by Crippen LogP contribution is 2.25. The molecule has 1 aliphatic carbocycles. The molecule has 3 nitrogen and oxygen atoms in total. The standard InChI is InChI=1S/C13H28N2O/c1-15(2)10-7-11-16-12-13(14)8-5-3-4-6-9-13/h3-12,14H2,1-2H3. The smallest absolute Gasteiger partial charge is 0.0646 e. The highest BCUT2D eigenvalue weighted by molar-refractivity contribution is 4.85. The van der Waals surface area contributed by atoms with Crippen molar-refractivity contribution in [2.45, 2.75) is 50.5 Å². The van der Waals surface area contributed by atoms with E-state index < -0.39 is 0 Å². The van der Waals surface area contributed by atoms with Crippen LogP contribution in [0.2, 0.25) is 0 Å².